The van der Waals surface area contributed by atoms with Gasteiger partial charge in [0.1, 0.15) is 6.04 Å². The highest BCUT2D eigenvalue weighted by atomic mass is 16.4. The number of aliphatic carboxylic acids is 1. The van der Waals surface area contributed by atoms with E-state index in [0.29, 0.717) is 0 Å². The van der Waals surface area contributed by atoms with E-state index in [1.54, 1.807) is 13.8 Å². The number of hydrogen-bond acceptors (Lipinski definition) is 2. The Morgan fingerprint density at radius 1 is 1.27 bits per heavy atom. The summed E-state index contributed by atoms with van der Waals surface area (Å²) in [7, 11) is 0. The highest BCUT2D eigenvalue weighted by molar-refractivity contribution is 5.84. The molecular formula is C11H21NO3. The Hall–Kier alpha value is -1.06. The Morgan fingerprint density at radius 2 is 1.80 bits per heavy atom. The molecule has 0 aromatic carbocycles. The van der Waals surface area contributed by atoms with Gasteiger partial charge in [-0.05, 0) is 12.3 Å². The van der Waals surface area contributed by atoms with Crippen LogP contribution in [-0.2, 0) is 9.59 Å². The third-order valence-corrected chi connectivity index (χ3v) is 2.40. The van der Waals surface area contributed by atoms with Gasteiger partial charge in [-0.15, -0.1) is 0 Å². The van der Waals surface area contributed by atoms with Crippen LogP contribution in [0.5, 0.6) is 0 Å². The van der Waals surface area contributed by atoms with Crippen molar-refractivity contribution in [2.75, 3.05) is 0 Å². The quantitative estimate of drug-likeness (QED) is 0.708. The maximum absolute atomic E-state index is 11.6. The second-order valence-electron chi connectivity index (χ2n) is 4.26. The molecule has 1 amide bonds. The molecule has 0 spiro atoms. The van der Waals surface area contributed by atoms with Gasteiger partial charge in [0, 0.05) is 5.92 Å². The third-order valence-electron chi connectivity index (χ3n) is 2.40. The fourth-order valence-corrected chi connectivity index (χ4v) is 1.37. The molecule has 88 valence electrons. The zero-order valence-electron chi connectivity index (χ0n) is 9.91. The summed E-state index contributed by atoms with van der Waals surface area (Å²) in [6, 6.07) is -0.781. The summed E-state index contributed by atoms with van der Waals surface area (Å²) in [6.45, 7) is 7.38. The number of rotatable bonds is 6. The third kappa shape index (κ3) is 4.81. The van der Waals surface area contributed by atoms with E-state index in [1.165, 1.54) is 0 Å². The van der Waals surface area contributed by atoms with E-state index in [1.807, 2.05) is 13.8 Å². The van der Waals surface area contributed by atoms with Crippen LogP contribution in [-0.4, -0.2) is 23.0 Å². The van der Waals surface area contributed by atoms with Gasteiger partial charge in [-0.25, -0.2) is 4.79 Å². The Kier molecular flexibility index (Phi) is 5.97. The molecule has 0 radical (unpaired) electrons. The molecule has 0 aliphatic heterocycles. The summed E-state index contributed by atoms with van der Waals surface area (Å²) >= 11 is 0. The predicted octanol–water partition coefficient (Wildman–Crippen LogP) is 1.65. The van der Waals surface area contributed by atoms with Crippen LogP contribution in [0.4, 0.5) is 0 Å². The van der Waals surface area contributed by atoms with E-state index in [4.69, 9.17) is 5.11 Å². The van der Waals surface area contributed by atoms with Gasteiger partial charge >= 0.3 is 5.97 Å². The number of amides is 1. The first-order chi connectivity index (χ1) is 6.90. The molecule has 0 saturated heterocycles. The van der Waals surface area contributed by atoms with Gasteiger partial charge in [-0.1, -0.05) is 34.1 Å². The van der Waals surface area contributed by atoms with Gasteiger partial charge in [-0.3, -0.25) is 4.79 Å². The van der Waals surface area contributed by atoms with E-state index >= 15 is 0 Å². The van der Waals surface area contributed by atoms with E-state index < -0.39 is 12.0 Å². The molecule has 0 aliphatic carbocycles. The standard InChI is InChI=1S/C11H21NO3/c1-5-6-8(4)10(13)12-9(7(2)3)11(14)15/h7-9H,5-6H2,1-4H3,(H,12,13)(H,14,15)/t8-,9+/m0/s1. The van der Waals surface area contributed by atoms with Gasteiger partial charge < -0.3 is 10.4 Å². The Morgan fingerprint density at radius 3 is 2.13 bits per heavy atom. The first kappa shape index (κ1) is 13.9. The second kappa shape index (κ2) is 6.43. The molecule has 0 aromatic heterocycles. The molecule has 0 saturated carbocycles. The van der Waals surface area contributed by atoms with E-state index in [2.05, 4.69) is 5.32 Å². The second-order valence-corrected chi connectivity index (χ2v) is 4.26. The highest BCUT2D eigenvalue weighted by Gasteiger charge is 2.25. The molecule has 0 unspecified atom stereocenters. The summed E-state index contributed by atoms with van der Waals surface area (Å²) in [5, 5.41) is 11.5. The lowest BCUT2D eigenvalue weighted by Crippen LogP contribution is -2.46. The van der Waals surface area contributed by atoms with Crippen molar-refractivity contribution >= 4 is 11.9 Å². The van der Waals surface area contributed by atoms with Crippen molar-refractivity contribution in [1.82, 2.24) is 5.32 Å². The molecule has 0 aliphatic rings. The van der Waals surface area contributed by atoms with Crippen molar-refractivity contribution < 1.29 is 14.7 Å². The van der Waals surface area contributed by atoms with Crippen LogP contribution in [0.25, 0.3) is 0 Å². The normalized spacial score (nSPS) is 14.7. The minimum absolute atomic E-state index is 0.0970. The van der Waals surface area contributed by atoms with Gasteiger partial charge in [0.15, 0.2) is 0 Å². The molecule has 0 rings (SSSR count). The highest BCUT2D eigenvalue weighted by Crippen LogP contribution is 2.08. The molecule has 2 atom stereocenters. The average Bonchev–Trinajstić information content (AvgIpc) is 2.12. The lowest BCUT2D eigenvalue weighted by molar-refractivity contribution is -0.143. The summed E-state index contributed by atoms with van der Waals surface area (Å²) in [4.78, 5) is 22.4. The number of nitrogens with one attached hydrogen (secondary N) is 1. The first-order valence-corrected chi connectivity index (χ1v) is 5.43. The topological polar surface area (TPSA) is 66.4 Å². The van der Waals surface area contributed by atoms with Crippen molar-refractivity contribution in [3.05, 3.63) is 0 Å². The Labute approximate surface area is 91.1 Å². The summed E-state index contributed by atoms with van der Waals surface area (Å²) in [6.07, 6.45) is 1.71. The van der Waals surface area contributed by atoms with E-state index in [-0.39, 0.29) is 17.7 Å². The Bertz CT molecular complexity index is 226. The van der Waals surface area contributed by atoms with Crippen molar-refractivity contribution in [1.29, 1.82) is 0 Å². The molecule has 0 fully saturated rings. The molecule has 0 aromatic rings. The smallest absolute Gasteiger partial charge is 0.326 e. The summed E-state index contributed by atoms with van der Waals surface area (Å²) in [5.74, 6) is -1.35. The molecule has 0 bridgehead atoms. The zero-order chi connectivity index (χ0) is 12.0. The van der Waals surface area contributed by atoms with Crippen molar-refractivity contribution in [2.45, 2.75) is 46.6 Å². The fourth-order valence-electron chi connectivity index (χ4n) is 1.37. The van der Waals surface area contributed by atoms with Gasteiger partial charge in [0.25, 0.3) is 0 Å². The molecule has 2 N–H and O–H groups in total. The maximum atomic E-state index is 11.6. The molecule has 15 heavy (non-hydrogen) atoms. The molecular weight excluding hydrogens is 194 g/mol. The summed E-state index contributed by atoms with van der Waals surface area (Å²) in [5.41, 5.74) is 0. The number of carboxylic acids is 1. The SMILES string of the molecule is CCC[C@H](C)C(=O)N[C@@H](C(=O)O)C(C)C. The maximum Gasteiger partial charge on any atom is 0.326 e. The Balaban J connectivity index is 4.29. The monoisotopic (exact) mass is 215 g/mol. The summed E-state index contributed by atoms with van der Waals surface area (Å²) < 4.78 is 0. The van der Waals surface area contributed by atoms with Crippen molar-refractivity contribution in [2.24, 2.45) is 11.8 Å². The average molecular weight is 215 g/mol. The number of carbonyl (C=O) groups is 2. The van der Waals surface area contributed by atoms with E-state index in [9.17, 15) is 9.59 Å². The van der Waals surface area contributed by atoms with Crippen LogP contribution >= 0.6 is 0 Å². The lowest BCUT2D eigenvalue weighted by atomic mass is 10.0. The fraction of sp³-hybridized carbons (Fsp3) is 0.818. The number of carboxylic acid groups (broad SMARTS) is 1. The minimum atomic E-state index is -0.970. The molecule has 4 nitrogen and oxygen atoms in total. The van der Waals surface area contributed by atoms with Gasteiger partial charge in [0.2, 0.25) is 5.91 Å². The van der Waals surface area contributed by atoms with Crippen LogP contribution in [0, 0.1) is 11.8 Å². The van der Waals surface area contributed by atoms with Crippen molar-refractivity contribution in [3.63, 3.8) is 0 Å². The van der Waals surface area contributed by atoms with E-state index in [0.717, 1.165) is 12.8 Å². The molecule has 4 heteroatoms. The molecule has 0 heterocycles. The minimum Gasteiger partial charge on any atom is -0.480 e. The van der Waals surface area contributed by atoms with Crippen LogP contribution in [0.1, 0.15) is 40.5 Å². The lowest BCUT2D eigenvalue weighted by Gasteiger charge is -2.20. The van der Waals surface area contributed by atoms with Gasteiger partial charge in [0.05, 0.1) is 0 Å². The van der Waals surface area contributed by atoms with Crippen molar-refractivity contribution in [3.8, 4) is 0 Å². The predicted molar refractivity (Wildman–Crippen MR) is 58.5 cm³/mol. The van der Waals surface area contributed by atoms with Crippen LogP contribution in [0.2, 0.25) is 0 Å². The number of carbonyl (C=O) groups excluding carboxylic acids is 1. The first-order valence-electron chi connectivity index (χ1n) is 5.43. The van der Waals surface area contributed by atoms with Crippen LogP contribution < -0.4 is 5.32 Å². The van der Waals surface area contributed by atoms with Crippen LogP contribution in [0.15, 0.2) is 0 Å². The van der Waals surface area contributed by atoms with Gasteiger partial charge in [-0.2, -0.15) is 0 Å². The zero-order valence-corrected chi connectivity index (χ0v) is 9.91. The number of hydrogen-bond donors (Lipinski definition) is 2. The van der Waals surface area contributed by atoms with Crippen LogP contribution in [0.3, 0.4) is 0 Å². The largest absolute Gasteiger partial charge is 0.480 e.